The van der Waals surface area contributed by atoms with Crippen LogP contribution in [-0.4, -0.2) is 10.8 Å². The highest BCUT2D eigenvalue weighted by Gasteiger charge is 2.42. The zero-order chi connectivity index (χ0) is 22.4. The lowest BCUT2D eigenvalue weighted by Crippen LogP contribution is -2.29. The minimum atomic E-state index is -0.501. The molecule has 5 rings (SSSR count). The molecule has 3 aromatic carbocycles. The number of fused-ring (bicyclic) bond motifs is 2. The Morgan fingerprint density at radius 3 is 2.38 bits per heavy atom. The lowest BCUT2D eigenvalue weighted by Gasteiger charge is -2.25. The molecule has 1 atom stereocenters. The molecule has 32 heavy (non-hydrogen) atoms. The molecule has 4 nitrogen and oxygen atoms in total. The highest BCUT2D eigenvalue weighted by Crippen LogP contribution is 2.39. The molecule has 1 unspecified atom stereocenters. The molecule has 1 amide bonds. The molecular formula is C27H22BrNO3. The summed E-state index contributed by atoms with van der Waals surface area (Å²) in [6.07, 6.45) is 0. The van der Waals surface area contributed by atoms with Crippen LogP contribution in [0.3, 0.4) is 0 Å². The molecule has 4 aromatic rings. The van der Waals surface area contributed by atoms with Gasteiger partial charge in [-0.25, -0.2) is 0 Å². The highest BCUT2D eigenvalue weighted by atomic mass is 79.9. The third-order valence-electron chi connectivity index (χ3n) is 6.04. The molecule has 0 fully saturated rings. The van der Waals surface area contributed by atoms with Crippen LogP contribution in [0.2, 0.25) is 0 Å². The van der Waals surface area contributed by atoms with Crippen LogP contribution < -0.4 is 5.43 Å². The predicted molar refractivity (Wildman–Crippen MR) is 129 cm³/mol. The van der Waals surface area contributed by atoms with Crippen molar-refractivity contribution in [3.8, 4) is 0 Å². The van der Waals surface area contributed by atoms with Gasteiger partial charge in [-0.2, -0.15) is 0 Å². The van der Waals surface area contributed by atoms with E-state index in [4.69, 9.17) is 4.42 Å². The second-order valence-electron chi connectivity index (χ2n) is 8.46. The Morgan fingerprint density at radius 2 is 1.69 bits per heavy atom. The summed E-state index contributed by atoms with van der Waals surface area (Å²) in [7, 11) is 0. The summed E-state index contributed by atoms with van der Waals surface area (Å²) in [5.74, 6) is 0.274. The van der Waals surface area contributed by atoms with Crippen LogP contribution >= 0.6 is 15.9 Å². The van der Waals surface area contributed by atoms with E-state index in [1.54, 1.807) is 23.1 Å². The molecule has 1 aromatic heterocycles. The number of amides is 1. The highest BCUT2D eigenvalue weighted by molar-refractivity contribution is 9.10. The molecule has 0 N–H and O–H groups in total. The van der Waals surface area contributed by atoms with Gasteiger partial charge in [-0.15, -0.1) is 0 Å². The Labute approximate surface area is 194 Å². The number of benzene rings is 3. The maximum absolute atomic E-state index is 13.6. The van der Waals surface area contributed by atoms with Gasteiger partial charge in [0.25, 0.3) is 5.91 Å². The molecule has 1 aliphatic heterocycles. The summed E-state index contributed by atoms with van der Waals surface area (Å²) in [4.78, 5) is 28.9. The number of carbonyl (C=O) groups is 1. The number of hydrogen-bond acceptors (Lipinski definition) is 3. The summed E-state index contributed by atoms with van der Waals surface area (Å²) in [6, 6.07) is 22.8. The van der Waals surface area contributed by atoms with Crippen LogP contribution in [0.4, 0.5) is 0 Å². The van der Waals surface area contributed by atoms with Gasteiger partial charge in [0.1, 0.15) is 5.58 Å². The number of nitrogens with zero attached hydrogens (tertiary/aromatic N) is 1. The van der Waals surface area contributed by atoms with E-state index in [1.165, 1.54) is 5.56 Å². The first-order chi connectivity index (χ1) is 15.4. The summed E-state index contributed by atoms with van der Waals surface area (Å²) >= 11 is 3.44. The van der Waals surface area contributed by atoms with E-state index in [1.807, 2.05) is 42.5 Å². The van der Waals surface area contributed by atoms with Gasteiger partial charge in [0.05, 0.1) is 17.0 Å². The fraction of sp³-hybridized carbons (Fsp3) is 0.185. The topological polar surface area (TPSA) is 50.5 Å². The quantitative estimate of drug-likeness (QED) is 0.333. The van der Waals surface area contributed by atoms with Crippen LogP contribution in [-0.2, 0) is 6.54 Å². The van der Waals surface area contributed by atoms with E-state index < -0.39 is 6.04 Å². The van der Waals surface area contributed by atoms with Gasteiger partial charge in [-0.3, -0.25) is 9.59 Å². The van der Waals surface area contributed by atoms with Gasteiger partial charge in [0.2, 0.25) is 5.76 Å². The first-order valence-corrected chi connectivity index (χ1v) is 11.4. The minimum absolute atomic E-state index is 0.138. The maximum Gasteiger partial charge on any atom is 0.291 e. The Balaban J connectivity index is 1.71. The van der Waals surface area contributed by atoms with E-state index in [2.05, 4.69) is 41.9 Å². The van der Waals surface area contributed by atoms with Crippen molar-refractivity contribution < 1.29 is 9.21 Å². The minimum Gasteiger partial charge on any atom is -0.450 e. The normalized spacial score (nSPS) is 15.6. The zero-order valence-corrected chi connectivity index (χ0v) is 19.4. The molecule has 0 aliphatic carbocycles. The van der Waals surface area contributed by atoms with Crippen LogP contribution in [0, 0.1) is 0 Å². The van der Waals surface area contributed by atoms with Crippen molar-refractivity contribution in [3.63, 3.8) is 0 Å². The SMILES string of the molecule is CC(C)c1ccc(C2c3c(oc4ccc(Br)cc4c3=O)C(=O)N2Cc2ccccc2)cc1. The molecule has 0 saturated heterocycles. The Hall–Kier alpha value is -3.18. The van der Waals surface area contributed by atoms with E-state index in [-0.39, 0.29) is 17.1 Å². The largest absolute Gasteiger partial charge is 0.450 e. The van der Waals surface area contributed by atoms with E-state index in [0.717, 1.165) is 15.6 Å². The molecule has 2 heterocycles. The molecule has 0 spiro atoms. The van der Waals surface area contributed by atoms with E-state index in [9.17, 15) is 9.59 Å². The van der Waals surface area contributed by atoms with Gasteiger partial charge in [-0.05, 0) is 40.8 Å². The Kier molecular flexibility index (Phi) is 5.22. The molecule has 1 aliphatic rings. The van der Waals surface area contributed by atoms with Gasteiger partial charge in [0.15, 0.2) is 5.43 Å². The number of hydrogen-bond donors (Lipinski definition) is 0. The summed E-state index contributed by atoms with van der Waals surface area (Å²) < 4.78 is 6.81. The average molecular weight is 488 g/mol. The lowest BCUT2D eigenvalue weighted by atomic mass is 9.95. The molecule has 0 bridgehead atoms. The average Bonchev–Trinajstić information content (AvgIpc) is 3.07. The third kappa shape index (κ3) is 3.47. The smallest absolute Gasteiger partial charge is 0.291 e. The van der Waals surface area contributed by atoms with Crippen molar-refractivity contribution in [2.75, 3.05) is 0 Å². The fourth-order valence-electron chi connectivity index (χ4n) is 4.35. The second-order valence-corrected chi connectivity index (χ2v) is 9.37. The molecular weight excluding hydrogens is 466 g/mol. The number of halogens is 1. The van der Waals surface area contributed by atoms with Gasteiger partial charge < -0.3 is 9.32 Å². The van der Waals surface area contributed by atoms with Gasteiger partial charge in [-0.1, -0.05) is 84.4 Å². The number of rotatable bonds is 4. The summed E-state index contributed by atoms with van der Waals surface area (Å²) in [5.41, 5.74) is 3.78. The molecule has 160 valence electrons. The molecule has 0 saturated carbocycles. The first-order valence-electron chi connectivity index (χ1n) is 10.6. The van der Waals surface area contributed by atoms with Crippen molar-refractivity contribution in [2.24, 2.45) is 0 Å². The van der Waals surface area contributed by atoms with Gasteiger partial charge in [0, 0.05) is 11.0 Å². The predicted octanol–water partition coefficient (Wildman–Crippen LogP) is 6.42. The van der Waals surface area contributed by atoms with Crippen molar-refractivity contribution in [1.82, 2.24) is 4.90 Å². The maximum atomic E-state index is 13.6. The third-order valence-corrected chi connectivity index (χ3v) is 6.54. The van der Waals surface area contributed by atoms with Crippen molar-refractivity contribution in [1.29, 1.82) is 0 Å². The van der Waals surface area contributed by atoms with Crippen molar-refractivity contribution in [3.05, 3.63) is 116 Å². The zero-order valence-electron chi connectivity index (χ0n) is 17.8. The summed E-state index contributed by atoms with van der Waals surface area (Å²) in [6.45, 7) is 4.67. The molecule has 0 radical (unpaired) electrons. The van der Waals surface area contributed by atoms with Crippen LogP contribution in [0.5, 0.6) is 0 Å². The van der Waals surface area contributed by atoms with Crippen molar-refractivity contribution in [2.45, 2.75) is 32.4 Å². The first kappa shape index (κ1) is 20.7. The van der Waals surface area contributed by atoms with Crippen molar-refractivity contribution >= 4 is 32.8 Å². The van der Waals surface area contributed by atoms with Crippen LogP contribution in [0.25, 0.3) is 11.0 Å². The molecule has 5 heteroatoms. The van der Waals surface area contributed by atoms with E-state index in [0.29, 0.717) is 29.0 Å². The lowest BCUT2D eigenvalue weighted by molar-refractivity contribution is 0.0714. The van der Waals surface area contributed by atoms with E-state index >= 15 is 0 Å². The Bertz CT molecular complexity index is 1370. The Morgan fingerprint density at radius 1 is 0.969 bits per heavy atom. The number of carbonyl (C=O) groups excluding carboxylic acids is 1. The van der Waals surface area contributed by atoms with Crippen LogP contribution in [0.1, 0.15) is 58.6 Å². The van der Waals surface area contributed by atoms with Crippen LogP contribution in [0.15, 0.2) is 86.5 Å². The second kappa shape index (κ2) is 8.06. The summed E-state index contributed by atoms with van der Waals surface area (Å²) in [5, 5.41) is 0.469. The van der Waals surface area contributed by atoms with Gasteiger partial charge >= 0.3 is 0 Å². The standard InChI is InChI=1S/C27H22BrNO3/c1-16(2)18-8-10-19(11-9-18)24-23-25(30)21-14-20(28)12-13-22(21)32-26(23)27(31)29(24)15-17-6-4-3-5-7-17/h3-14,16,24H,15H2,1-2H3. The fourth-order valence-corrected chi connectivity index (χ4v) is 4.71. The monoisotopic (exact) mass is 487 g/mol.